The van der Waals surface area contributed by atoms with Crippen LogP contribution in [-0.4, -0.2) is 19.3 Å². The quantitative estimate of drug-likeness (QED) is 0.655. The second kappa shape index (κ2) is 8.11. The maximum atomic E-state index is 12.3. The lowest BCUT2D eigenvalue weighted by Crippen LogP contribution is -2.23. The molecule has 0 radical (unpaired) electrons. The minimum Gasteiger partial charge on any atom is -0.366 e. The first-order chi connectivity index (χ1) is 13.0. The van der Waals surface area contributed by atoms with E-state index >= 15 is 0 Å². The van der Waals surface area contributed by atoms with Gasteiger partial charge in [-0.25, -0.2) is 13.1 Å². The fraction of sp³-hybridized carbons (Fsp3) is 0.100. The Morgan fingerprint density at radius 2 is 1.63 bits per heavy atom. The molecule has 1 heterocycles. The second-order valence-electron chi connectivity index (χ2n) is 6.03. The van der Waals surface area contributed by atoms with Crippen molar-refractivity contribution in [2.75, 3.05) is 0 Å². The number of amides is 1. The average Bonchev–Trinajstić information content (AvgIpc) is 2.68. The summed E-state index contributed by atoms with van der Waals surface area (Å²) in [7, 11) is -3.54. The predicted octanol–water partition coefficient (Wildman–Crippen LogP) is 2.25. The van der Waals surface area contributed by atoms with E-state index in [1.54, 1.807) is 42.6 Å². The second-order valence-corrected chi connectivity index (χ2v) is 7.79. The van der Waals surface area contributed by atoms with E-state index in [9.17, 15) is 13.2 Å². The molecule has 1 amide bonds. The van der Waals surface area contributed by atoms with Gasteiger partial charge in [0.1, 0.15) is 0 Å². The standard InChI is InChI=1S/C20H19N3O3S/c21-20(24)19-10-11-22-14-17(19)12-15-6-8-16(9-7-15)13-23-27(25,26)18-4-2-1-3-5-18/h1-11,14,23H,12-13H2,(H2,21,24). The number of rotatable bonds is 7. The molecule has 6 nitrogen and oxygen atoms in total. The lowest BCUT2D eigenvalue weighted by atomic mass is 10.0. The van der Waals surface area contributed by atoms with Gasteiger partial charge in [0.05, 0.1) is 4.90 Å². The highest BCUT2D eigenvalue weighted by Gasteiger charge is 2.13. The van der Waals surface area contributed by atoms with Gasteiger partial charge in [0, 0.05) is 24.5 Å². The Morgan fingerprint density at radius 3 is 2.30 bits per heavy atom. The smallest absolute Gasteiger partial charge is 0.249 e. The molecule has 0 spiro atoms. The summed E-state index contributed by atoms with van der Waals surface area (Å²) in [5.74, 6) is -0.487. The van der Waals surface area contributed by atoms with E-state index in [-0.39, 0.29) is 11.4 Å². The van der Waals surface area contributed by atoms with Crippen LogP contribution in [0.2, 0.25) is 0 Å². The van der Waals surface area contributed by atoms with E-state index in [0.29, 0.717) is 12.0 Å². The molecule has 0 unspecified atom stereocenters. The SMILES string of the molecule is NC(=O)c1ccncc1Cc1ccc(CNS(=O)(=O)c2ccccc2)cc1. The fourth-order valence-corrected chi connectivity index (χ4v) is 3.70. The summed E-state index contributed by atoms with van der Waals surface area (Å²) < 4.78 is 27.1. The summed E-state index contributed by atoms with van der Waals surface area (Å²) in [6, 6.07) is 17.3. The number of hydrogen-bond donors (Lipinski definition) is 2. The number of sulfonamides is 1. The molecule has 3 aromatic rings. The Morgan fingerprint density at radius 1 is 0.963 bits per heavy atom. The number of pyridine rings is 1. The average molecular weight is 381 g/mol. The zero-order valence-electron chi connectivity index (χ0n) is 14.5. The lowest BCUT2D eigenvalue weighted by molar-refractivity contribution is 0.0999. The van der Waals surface area contributed by atoms with Crippen LogP contribution in [-0.2, 0) is 23.0 Å². The molecule has 1 aromatic heterocycles. The van der Waals surface area contributed by atoms with Crippen LogP contribution in [0, 0.1) is 0 Å². The van der Waals surface area contributed by atoms with Crippen LogP contribution in [0.5, 0.6) is 0 Å². The molecule has 2 aromatic carbocycles. The third kappa shape index (κ3) is 4.78. The van der Waals surface area contributed by atoms with Crippen molar-refractivity contribution in [1.82, 2.24) is 9.71 Å². The van der Waals surface area contributed by atoms with Gasteiger partial charge in [-0.1, -0.05) is 42.5 Å². The molecule has 0 saturated heterocycles. The Balaban J connectivity index is 1.67. The Labute approximate surface area is 158 Å². The number of nitrogens with one attached hydrogen (secondary N) is 1. The fourth-order valence-electron chi connectivity index (χ4n) is 2.66. The van der Waals surface area contributed by atoms with Crippen LogP contribution < -0.4 is 10.5 Å². The summed E-state index contributed by atoms with van der Waals surface area (Å²) in [6.45, 7) is 0.191. The molecule has 0 fully saturated rings. The third-order valence-corrected chi connectivity index (χ3v) is 5.52. The Kier molecular flexibility index (Phi) is 5.63. The van der Waals surface area contributed by atoms with Crippen molar-refractivity contribution in [2.24, 2.45) is 5.73 Å². The van der Waals surface area contributed by atoms with E-state index in [1.165, 1.54) is 6.20 Å². The summed E-state index contributed by atoms with van der Waals surface area (Å²) in [5.41, 5.74) is 8.40. The van der Waals surface area contributed by atoms with Gasteiger partial charge in [-0.05, 0) is 41.3 Å². The van der Waals surface area contributed by atoms with Gasteiger partial charge in [0.15, 0.2) is 0 Å². The van der Waals surface area contributed by atoms with Crippen molar-refractivity contribution in [1.29, 1.82) is 0 Å². The molecular formula is C20H19N3O3S. The first-order valence-corrected chi connectivity index (χ1v) is 9.79. The Bertz CT molecular complexity index is 1030. The van der Waals surface area contributed by atoms with Crippen molar-refractivity contribution >= 4 is 15.9 Å². The molecular weight excluding hydrogens is 362 g/mol. The van der Waals surface area contributed by atoms with Gasteiger partial charge >= 0.3 is 0 Å². The van der Waals surface area contributed by atoms with Crippen LogP contribution in [0.15, 0.2) is 78.0 Å². The summed E-state index contributed by atoms with van der Waals surface area (Å²) in [5, 5.41) is 0. The van der Waals surface area contributed by atoms with Crippen LogP contribution >= 0.6 is 0 Å². The van der Waals surface area contributed by atoms with Crippen molar-refractivity contribution in [3.05, 3.63) is 95.3 Å². The maximum Gasteiger partial charge on any atom is 0.249 e. The largest absolute Gasteiger partial charge is 0.366 e. The molecule has 0 saturated carbocycles. The summed E-state index contributed by atoms with van der Waals surface area (Å²) in [6.07, 6.45) is 3.68. The molecule has 0 atom stereocenters. The van der Waals surface area contributed by atoms with Gasteiger partial charge in [0.2, 0.25) is 15.9 Å². The van der Waals surface area contributed by atoms with Gasteiger partial charge in [-0.3, -0.25) is 9.78 Å². The van der Waals surface area contributed by atoms with Crippen molar-refractivity contribution in [3.8, 4) is 0 Å². The number of carbonyl (C=O) groups excluding carboxylic acids is 1. The van der Waals surface area contributed by atoms with Crippen LogP contribution in [0.25, 0.3) is 0 Å². The van der Waals surface area contributed by atoms with E-state index in [1.807, 2.05) is 24.3 Å². The van der Waals surface area contributed by atoms with E-state index in [4.69, 9.17) is 5.73 Å². The molecule has 0 aliphatic heterocycles. The van der Waals surface area contributed by atoms with E-state index < -0.39 is 15.9 Å². The minimum atomic E-state index is -3.54. The van der Waals surface area contributed by atoms with Crippen molar-refractivity contribution in [3.63, 3.8) is 0 Å². The molecule has 0 aliphatic carbocycles. The molecule has 138 valence electrons. The molecule has 27 heavy (non-hydrogen) atoms. The topological polar surface area (TPSA) is 102 Å². The maximum absolute atomic E-state index is 12.3. The first kappa shape index (κ1) is 18.8. The molecule has 3 rings (SSSR count). The van der Waals surface area contributed by atoms with Gasteiger partial charge in [0.25, 0.3) is 0 Å². The summed E-state index contributed by atoms with van der Waals surface area (Å²) in [4.78, 5) is 15.8. The highest BCUT2D eigenvalue weighted by Crippen LogP contribution is 2.15. The number of benzene rings is 2. The van der Waals surface area contributed by atoms with Crippen LogP contribution in [0.1, 0.15) is 27.0 Å². The number of primary amides is 1. The van der Waals surface area contributed by atoms with Gasteiger partial charge < -0.3 is 5.73 Å². The van der Waals surface area contributed by atoms with E-state index in [2.05, 4.69) is 9.71 Å². The number of aromatic nitrogens is 1. The third-order valence-electron chi connectivity index (χ3n) is 4.11. The number of carbonyl (C=O) groups is 1. The van der Waals surface area contributed by atoms with Crippen molar-refractivity contribution < 1.29 is 13.2 Å². The highest BCUT2D eigenvalue weighted by molar-refractivity contribution is 7.89. The zero-order valence-corrected chi connectivity index (χ0v) is 15.3. The number of hydrogen-bond acceptors (Lipinski definition) is 4. The van der Waals surface area contributed by atoms with Gasteiger partial charge in [-0.15, -0.1) is 0 Å². The normalized spacial score (nSPS) is 11.3. The molecule has 3 N–H and O–H groups in total. The monoisotopic (exact) mass is 381 g/mol. The van der Waals surface area contributed by atoms with Crippen molar-refractivity contribution in [2.45, 2.75) is 17.9 Å². The predicted molar refractivity (Wildman–Crippen MR) is 102 cm³/mol. The zero-order chi connectivity index (χ0) is 19.3. The van der Waals surface area contributed by atoms with Crippen LogP contribution in [0.4, 0.5) is 0 Å². The van der Waals surface area contributed by atoms with E-state index in [0.717, 1.165) is 16.7 Å². The first-order valence-electron chi connectivity index (χ1n) is 8.31. The van der Waals surface area contributed by atoms with Gasteiger partial charge in [-0.2, -0.15) is 0 Å². The molecule has 0 bridgehead atoms. The highest BCUT2D eigenvalue weighted by atomic mass is 32.2. The minimum absolute atomic E-state index is 0.191. The lowest BCUT2D eigenvalue weighted by Gasteiger charge is -2.09. The number of nitrogens with zero attached hydrogens (tertiary/aromatic N) is 1. The molecule has 0 aliphatic rings. The number of nitrogens with two attached hydrogens (primary N) is 1. The van der Waals surface area contributed by atoms with Crippen LogP contribution in [0.3, 0.4) is 0 Å². The Hall–Kier alpha value is -3.03. The summed E-state index contributed by atoms with van der Waals surface area (Å²) >= 11 is 0. The molecule has 7 heteroatoms.